The van der Waals surface area contributed by atoms with Gasteiger partial charge in [-0.2, -0.15) is 5.10 Å². The van der Waals surface area contributed by atoms with Crippen LogP contribution in [0.2, 0.25) is 0 Å². The highest BCUT2D eigenvalue weighted by molar-refractivity contribution is 5.96. The van der Waals surface area contributed by atoms with E-state index in [1.54, 1.807) is 67.8 Å². The molecule has 0 aromatic heterocycles. The Kier molecular flexibility index (Phi) is 7.91. The zero-order chi connectivity index (χ0) is 23.6. The average Bonchev–Trinajstić information content (AvgIpc) is 2.84. The van der Waals surface area contributed by atoms with E-state index in [4.69, 9.17) is 9.47 Å². The van der Waals surface area contributed by atoms with Gasteiger partial charge in [-0.3, -0.25) is 9.59 Å². The van der Waals surface area contributed by atoms with Gasteiger partial charge in [0.25, 0.3) is 11.8 Å². The molecule has 2 amide bonds. The van der Waals surface area contributed by atoms with Crippen LogP contribution in [0, 0.1) is 6.92 Å². The highest BCUT2D eigenvalue weighted by Gasteiger charge is 2.09. The molecule has 0 radical (unpaired) electrons. The van der Waals surface area contributed by atoms with Gasteiger partial charge in [0.15, 0.2) is 0 Å². The van der Waals surface area contributed by atoms with Crippen molar-refractivity contribution in [2.24, 2.45) is 5.10 Å². The lowest BCUT2D eigenvalue weighted by Gasteiger charge is -2.06. The Bertz CT molecular complexity index is 1140. The Hall–Kier alpha value is -4.46. The van der Waals surface area contributed by atoms with Crippen molar-refractivity contribution in [2.45, 2.75) is 6.92 Å². The molecule has 8 heteroatoms. The molecule has 0 spiro atoms. The smallest absolute Gasteiger partial charge is 0.343 e. The largest absolute Gasteiger partial charge is 0.497 e. The third-order valence-corrected chi connectivity index (χ3v) is 4.54. The van der Waals surface area contributed by atoms with Gasteiger partial charge in [-0.05, 0) is 73.2 Å². The standard InChI is InChI=1S/C25H23N3O5/c1-17-3-7-19(8-4-17)24(30)26-16-23(29)28-27-15-18-5-11-22(12-6-18)33-25(31)20-9-13-21(32-2)14-10-20/h3-15H,16H2,1-2H3,(H,26,30)(H,28,29)/b27-15+. The lowest BCUT2D eigenvalue weighted by molar-refractivity contribution is -0.120. The van der Waals surface area contributed by atoms with Gasteiger partial charge in [-0.1, -0.05) is 17.7 Å². The third-order valence-electron chi connectivity index (χ3n) is 4.54. The minimum absolute atomic E-state index is 0.204. The van der Waals surface area contributed by atoms with Crippen LogP contribution in [-0.4, -0.2) is 37.7 Å². The summed E-state index contributed by atoms with van der Waals surface area (Å²) >= 11 is 0. The van der Waals surface area contributed by atoms with Crippen LogP contribution in [0.1, 0.15) is 31.8 Å². The first-order valence-corrected chi connectivity index (χ1v) is 10.1. The van der Waals surface area contributed by atoms with Crippen LogP contribution in [0.25, 0.3) is 0 Å². The number of carbonyl (C=O) groups excluding carboxylic acids is 3. The first-order chi connectivity index (χ1) is 15.9. The number of hydrogen-bond donors (Lipinski definition) is 2. The van der Waals surface area contributed by atoms with E-state index in [0.29, 0.717) is 28.2 Å². The highest BCUT2D eigenvalue weighted by atomic mass is 16.5. The van der Waals surface area contributed by atoms with Crippen LogP contribution in [0.5, 0.6) is 11.5 Å². The summed E-state index contributed by atoms with van der Waals surface area (Å²) in [6, 6.07) is 20.2. The van der Waals surface area contributed by atoms with Crippen molar-refractivity contribution in [3.8, 4) is 11.5 Å². The maximum absolute atomic E-state index is 12.2. The van der Waals surface area contributed by atoms with Crippen LogP contribution < -0.4 is 20.2 Å². The molecule has 2 N–H and O–H groups in total. The summed E-state index contributed by atoms with van der Waals surface area (Å²) in [5.41, 5.74) is 4.95. The quantitative estimate of drug-likeness (QED) is 0.240. The number of hydrazone groups is 1. The van der Waals surface area contributed by atoms with Crippen LogP contribution in [0.4, 0.5) is 0 Å². The van der Waals surface area contributed by atoms with E-state index >= 15 is 0 Å². The predicted molar refractivity (Wildman–Crippen MR) is 124 cm³/mol. The average molecular weight is 445 g/mol. The maximum Gasteiger partial charge on any atom is 0.343 e. The molecule has 0 aliphatic heterocycles. The molecule has 0 bridgehead atoms. The van der Waals surface area contributed by atoms with E-state index in [1.165, 1.54) is 6.21 Å². The molecule has 0 heterocycles. The van der Waals surface area contributed by atoms with E-state index in [9.17, 15) is 14.4 Å². The first-order valence-electron chi connectivity index (χ1n) is 10.1. The Labute approximate surface area is 191 Å². The van der Waals surface area contributed by atoms with Crippen molar-refractivity contribution in [1.82, 2.24) is 10.7 Å². The van der Waals surface area contributed by atoms with Crippen molar-refractivity contribution < 1.29 is 23.9 Å². The van der Waals surface area contributed by atoms with E-state index in [1.807, 2.05) is 19.1 Å². The van der Waals surface area contributed by atoms with Crippen LogP contribution >= 0.6 is 0 Å². The molecule has 0 unspecified atom stereocenters. The highest BCUT2D eigenvalue weighted by Crippen LogP contribution is 2.16. The molecule has 3 aromatic rings. The summed E-state index contributed by atoms with van der Waals surface area (Å²) < 4.78 is 10.4. The van der Waals surface area contributed by atoms with Gasteiger partial charge < -0.3 is 14.8 Å². The molecular formula is C25H23N3O5. The topological polar surface area (TPSA) is 106 Å². The van der Waals surface area contributed by atoms with Gasteiger partial charge >= 0.3 is 5.97 Å². The maximum atomic E-state index is 12.2. The monoisotopic (exact) mass is 445 g/mol. The second-order valence-corrected chi connectivity index (χ2v) is 7.03. The summed E-state index contributed by atoms with van der Waals surface area (Å²) in [6.45, 7) is 1.72. The first kappa shape index (κ1) is 23.2. The van der Waals surface area contributed by atoms with E-state index < -0.39 is 11.9 Å². The number of esters is 1. The molecule has 0 aliphatic carbocycles. The van der Waals surface area contributed by atoms with Crippen molar-refractivity contribution >= 4 is 24.0 Å². The summed E-state index contributed by atoms with van der Waals surface area (Å²) in [5.74, 6) is -0.267. The molecule has 0 atom stereocenters. The number of aryl methyl sites for hydroxylation is 1. The van der Waals surface area contributed by atoms with Gasteiger partial charge in [0, 0.05) is 5.56 Å². The minimum atomic E-state index is -0.487. The second-order valence-electron chi connectivity index (χ2n) is 7.03. The normalized spacial score (nSPS) is 10.5. The second kappa shape index (κ2) is 11.2. The Balaban J connectivity index is 1.44. The lowest BCUT2D eigenvalue weighted by Crippen LogP contribution is -2.34. The number of methoxy groups -OCH3 is 1. The summed E-state index contributed by atoms with van der Waals surface area (Å²) in [7, 11) is 1.55. The van der Waals surface area contributed by atoms with Crippen molar-refractivity contribution in [3.63, 3.8) is 0 Å². The number of amides is 2. The van der Waals surface area contributed by atoms with E-state index in [-0.39, 0.29) is 12.5 Å². The number of nitrogens with one attached hydrogen (secondary N) is 2. The van der Waals surface area contributed by atoms with Gasteiger partial charge in [0.2, 0.25) is 0 Å². The Morgan fingerprint density at radius 1 is 0.848 bits per heavy atom. The summed E-state index contributed by atoms with van der Waals surface area (Å²) in [4.78, 5) is 36.1. The molecule has 3 aromatic carbocycles. The fourth-order valence-corrected chi connectivity index (χ4v) is 2.70. The Morgan fingerprint density at radius 3 is 2.09 bits per heavy atom. The molecule has 8 nitrogen and oxygen atoms in total. The number of rotatable bonds is 8. The van der Waals surface area contributed by atoms with Gasteiger partial charge in [0.1, 0.15) is 11.5 Å². The summed E-state index contributed by atoms with van der Waals surface area (Å²) in [5, 5.41) is 6.39. The number of benzene rings is 3. The fraction of sp³-hybridized carbons (Fsp3) is 0.120. The number of carbonyl (C=O) groups is 3. The van der Waals surface area contributed by atoms with E-state index in [0.717, 1.165) is 5.56 Å². The minimum Gasteiger partial charge on any atom is -0.497 e. The number of ether oxygens (including phenoxy) is 2. The molecule has 33 heavy (non-hydrogen) atoms. The van der Waals surface area contributed by atoms with E-state index in [2.05, 4.69) is 15.8 Å². The zero-order valence-corrected chi connectivity index (χ0v) is 18.2. The molecule has 0 saturated heterocycles. The van der Waals surface area contributed by atoms with Crippen molar-refractivity contribution in [3.05, 3.63) is 95.1 Å². The molecule has 0 fully saturated rings. The zero-order valence-electron chi connectivity index (χ0n) is 18.2. The SMILES string of the molecule is COc1ccc(C(=O)Oc2ccc(/C=N/NC(=O)CNC(=O)c3ccc(C)cc3)cc2)cc1. The number of hydrogen-bond acceptors (Lipinski definition) is 6. The van der Waals surface area contributed by atoms with Crippen LogP contribution in [0.3, 0.4) is 0 Å². The third kappa shape index (κ3) is 7.03. The van der Waals surface area contributed by atoms with Gasteiger partial charge in [-0.15, -0.1) is 0 Å². The predicted octanol–water partition coefficient (Wildman–Crippen LogP) is 3.10. The Morgan fingerprint density at radius 2 is 1.45 bits per heavy atom. The molecule has 0 aliphatic rings. The van der Waals surface area contributed by atoms with Crippen molar-refractivity contribution in [1.29, 1.82) is 0 Å². The molecule has 0 saturated carbocycles. The molecular weight excluding hydrogens is 422 g/mol. The van der Waals surface area contributed by atoms with Gasteiger partial charge in [-0.25, -0.2) is 10.2 Å². The van der Waals surface area contributed by atoms with Crippen LogP contribution in [-0.2, 0) is 4.79 Å². The fourth-order valence-electron chi connectivity index (χ4n) is 2.70. The van der Waals surface area contributed by atoms with Crippen molar-refractivity contribution in [2.75, 3.05) is 13.7 Å². The van der Waals surface area contributed by atoms with Gasteiger partial charge in [0.05, 0.1) is 25.4 Å². The van der Waals surface area contributed by atoms with Crippen LogP contribution in [0.15, 0.2) is 77.9 Å². The molecule has 3 rings (SSSR count). The lowest BCUT2D eigenvalue weighted by atomic mass is 10.1. The molecule has 168 valence electrons. The summed E-state index contributed by atoms with van der Waals surface area (Å²) in [6.07, 6.45) is 1.44. The number of nitrogens with zero attached hydrogens (tertiary/aromatic N) is 1.